The number of allylic oxidation sites excluding steroid dienone is 1. The van der Waals surface area contributed by atoms with Gasteiger partial charge in [0.15, 0.2) is 0 Å². The highest BCUT2D eigenvalue weighted by Gasteiger charge is 2.04. The summed E-state index contributed by atoms with van der Waals surface area (Å²) in [7, 11) is 0. The van der Waals surface area contributed by atoms with Gasteiger partial charge in [0.1, 0.15) is 5.82 Å². The van der Waals surface area contributed by atoms with Crippen LogP contribution in [-0.4, -0.2) is 11.2 Å². The first-order valence-corrected chi connectivity index (χ1v) is 4.69. The second-order valence-corrected chi connectivity index (χ2v) is 3.24. The van der Waals surface area contributed by atoms with Crippen LogP contribution in [0.25, 0.3) is 5.57 Å². The number of pyridine rings is 1. The molecule has 0 amide bonds. The van der Waals surface area contributed by atoms with Crippen LogP contribution >= 0.6 is 0 Å². The lowest BCUT2D eigenvalue weighted by molar-refractivity contribution is 0.621. The monoisotopic (exact) mass is 190 g/mol. The van der Waals surface area contributed by atoms with E-state index in [9.17, 15) is 4.39 Å². The van der Waals surface area contributed by atoms with Crippen molar-refractivity contribution in [2.45, 2.75) is 19.3 Å². The lowest BCUT2D eigenvalue weighted by atomic mass is 10.1. The van der Waals surface area contributed by atoms with Crippen LogP contribution in [0.5, 0.6) is 0 Å². The molecule has 14 heavy (non-hydrogen) atoms. The minimum Gasteiger partial charge on any atom is -0.269 e. The molecule has 0 fully saturated rings. The fourth-order valence-electron chi connectivity index (χ4n) is 1.43. The van der Waals surface area contributed by atoms with E-state index in [4.69, 9.17) is 0 Å². The molecule has 2 nitrogen and oxygen atoms in total. The number of aromatic nitrogens is 1. The molecule has 3 heteroatoms. The minimum atomic E-state index is -0.300. The van der Waals surface area contributed by atoms with Crippen molar-refractivity contribution in [3.05, 3.63) is 36.0 Å². The lowest BCUT2D eigenvalue weighted by Crippen LogP contribution is -1.89. The molecule has 0 aromatic carbocycles. The SMILES string of the molecule is Fc1ccc(C2=CN=CCCC2)nc1. The van der Waals surface area contributed by atoms with E-state index in [1.54, 1.807) is 6.07 Å². The van der Waals surface area contributed by atoms with E-state index in [1.165, 1.54) is 12.3 Å². The van der Waals surface area contributed by atoms with Crippen molar-refractivity contribution >= 4 is 11.8 Å². The summed E-state index contributed by atoms with van der Waals surface area (Å²) in [5.74, 6) is -0.300. The van der Waals surface area contributed by atoms with Crippen molar-refractivity contribution in [2.24, 2.45) is 4.99 Å². The zero-order valence-corrected chi connectivity index (χ0v) is 7.78. The van der Waals surface area contributed by atoms with E-state index in [1.807, 2.05) is 12.4 Å². The number of rotatable bonds is 1. The summed E-state index contributed by atoms with van der Waals surface area (Å²) in [5.41, 5.74) is 1.91. The van der Waals surface area contributed by atoms with Crippen LogP contribution in [0, 0.1) is 5.82 Å². The third-order valence-corrected chi connectivity index (χ3v) is 2.17. The van der Waals surface area contributed by atoms with Gasteiger partial charge in [-0.05, 0) is 37.0 Å². The van der Waals surface area contributed by atoms with E-state index in [2.05, 4.69) is 9.98 Å². The molecule has 2 heterocycles. The summed E-state index contributed by atoms with van der Waals surface area (Å²) < 4.78 is 12.6. The molecule has 0 aliphatic carbocycles. The van der Waals surface area contributed by atoms with E-state index >= 15 is 0 Å². The average molecular weight is 190 g/mol. The molecule has 1 aromatic rings. The molecule has 0 atom stereocenters. The van der Waals surface area contributed by atoms with Crippen LogP contribution in [-0.2, 0) is 0 Å². The van der Waals surface area contributed by atoms with Crippen molar-refractivity contribution in [1.82, 2.24) is 4.98 Å². The molecule has 0 unspecified atom stereocenters. The van der Waals surface area contributed by atoms with Crippen LogP contribution < -0.4 is 0 Å². The highest BCUT2D eigenvalue weighted by atomic mass is 19.1. The molecule has 0 bridgehead atoms. The molecule has 0 radical (unpaired) electrons. The predicted molar refractivity (Wildman–Crippen MR) is 54.5 cm³/mol. The van der Waals surface area contributed by atoms with Gasteiger partial charge in [-0.25, -0.2) is 4.39 Å². The zero-order chi connectivity index (χ0) is 9.80. The van der Waals surface area contributed by atoms with Crippen molar-refractivity contribution < 1.29 is 4.39 Å². The number of halogens is 1. The van der Waals surface area contributed by atoms with E-state index in [0.29, 0.717) is 0 Å². The summed E-state index contributed by atoms with van der Waals surface area (Å²) >= 11 is 0. The topological polar surface area (TPSA) is 25.2 Å². The quantitative estimate of drug-likeness (QED) is 0.668. The van der Waals surface area contributed by atoms with Gasteiger partial charge in [0.25, 0.3) is 0 Å². The Balaban J connectivity index is 2.25. The molecule has 1 aliphatic rings. The largest absolute Gasteiger partial charge is 0.269 e. The highest BCUT2D eigenvalue weighted by molar-refractivity contribution is 5.68. The molecule has 0 spiro atoms. The highest BCUT2D eigenvalue weighted by Crippen LogP contribution is 2.20. The van der Waals surface area contributed by atoms with Gasteiger partial charge in [-0.1, -0.05) is 0 Å². The molecular formula is C11H11FN2. The maximum absolute atomic E-state index is 12.6. The predicted octanol–water partition coefficient (Wildman–Crippen LogP) is 2.82. The van der Waals surface area contributed by atoms with Gasteiger partial charge in [-0.15, -0.1) is 0 Å². The molecular weight excluding hydrogens is 179 g/mol. The van der Waals surface area contributed by atoms with Gasteiger partial charge in [0, 0.05) is 12.4 Å². The average Bonchev–Trinajstić information content (AvgIpc) is 2.47. The second-order valence-electron chi connectivity index (χ2n) is 3.24. The van der Waals surface area contributed by atoms with Gasteiger partial charge >= 0.3 is 0 Å². The Hall–Kier alpha value is -1.51. The summed E-state index contributed by atoms with van der Waals surface area (Å²) in [6.07, 6.45) is 7.99. The Morgan fingerprint density at radius 3 is 3.00 bits per heavy atom. The third-order valence-electron chi connectivity index (χ3n) is 2.17. The first kappa shape index (κ1) is 9.06. The molecule has 2 rings (SSSR count). The Morgan fingerprint density at radius 1 is 1.29 bits per heavy atom. The Kier molecular flexibility index (Phi) is 2.68. The normalized spacial score (nSPS) is 16.2. The van der Waals surface area contributed by atoms with Crippen molar-refractivity contribution in [2.75, 3.05) is 0 Å². The number of aliphatic imine (C=N–C) groups is 1. The van der Waals surface area contributed by atoms with Crippen LogP contribution in [0.3, 0.4) is 0 Å². The standard InChI is InChI=1S/C11H11FN2/c12-10-4-5-11(14-8-10)9-3-1-2-6-13-7-9/h4-8H,1-3H2. The second kappa shape index (κ2) is 4.13. The lowest BCUT2D eigenvalue weighted by Gasteiger charge is -2.02. The Morgan fingerprint density at radius 2 is 2.21 bits per heavy atom. The molecule has 0 N–H and O–H groups in total. The molecule has 72 valence electrons. The maximum atomic E-state index is 12.6. The molecule has 1 aromatic heterocycles. The number of hydrogen-bond acceptors (Lipinski definition) is 2. The summed E-state index contributed by atoms with van der Waals surface area (Å²) in [6, 6.07) is 3.12. The van der Waals surface area contributed by atoms with Gasteiger partial charge in [0.2, 0.25) is 0 Å². The van der Waals surface area contributed by atoms with Gasteiger partial charge in [0.05, 0.1) is 11.9 Å². The van der Waals surface area contributed by atoms with Crippen LogP contribution in [0.1, 0.15) is 25.0 Å². The van der Waals surface area contributed by atoms with Crippen LogP contribution in [0.4, 0.5) is 4.39 Å². The van der Waals surface area contributed by atoms with E-state index in [-0.39, 0.29) is 5.82 Å². The molecule has 1 aliphatic heterocycles. The molecule has 0 saturated heterocycles. The Labute approximate surface area is 82.2 Å². The van der Waals surface area contributed by atoms with Gasteiger partial charge < -0.3 is 0 Å². The summed E-state index contributed by atoms with van der Waals surface area (Å²) in [4.78, 5) is 8.16. The van der Waals surface area contributed by atoms with Crippen molar-refractivity contribution in [3.8, 4) is 0 Å². The van der Waals surface area contributed by atoms with Gasteiger partial charge in [-0.3, -0.25) is 9.98 Å². The fourth-order valence-corrected chi connectivity index (χ4v) is 1.43. The van der Waals surface area contributed by atoms with Gasteiger partial charge in [-0.2, -0.15) is 0 Å². The fraction of sp³-hybridized carbons (Fsp3) is 0.273. The Bertz CT molecular complexity index is 365. The van der Waals surface area contributed by atoms with E-state index < -0.39 is 0 Å². The zero-order valence-electron chi connectivity index (χ0n) is 7.78. The van der Waals surface area contributed by atoms with Crippen molar-refractivity contribution in [1.29, 1.82) is 0 Å². The number of nitrogens with zero attached hydrogens (tertiary/aromatic N) is 2. The molecule has 0 saturated carbocycles. The van der Waals surface area contributed by atoms with Crippen LogP contribution in [0.15, 0.2) is 29.5 Å². The summed E-state index contributed by atoms with van der Waals surface area (Å²) in [6.45, 7) is 0. The van der Waals surface area contributed by atoms with Crippen molar-refractivity contribution in [3.63, 3.8) is 0 Å². The minimum absolute atomic E-state index is 0.300. The number of hydrogen-bond donors (Lipinski definition) is 0. The summed E-state index contributed by atoms with van der Waals surface area (Å²) in [5, 5.41) is 0. The first-order valence-electron chi connectivity index (χ1n) is 4.69. The van der Waals surface area contributed by atoms with Crippen LogP contribution in [0.2, 0.25) is 0 Å². The third kappa shape index (κ3) is 2.05. The maximum Gasteiger partial charge on any atom is 0.141 e. The first-order chi connectivity index (χ1) is 6.86. The smallest absolute Gasteiger partial charge is 0.141 e. The van der Waals surface area contributed by atoms with E-state index in [0.717, 1.165) is 30.5 Å².